The summed E-state index contributed by atoms with van der Waals surface area (Å²) in [7, 11) is 0. The zero-order valence-electron chi connectivity index (χ0n) is 9.20. The normalized spacial score (nSPS) is 11.1. The molecule has 0 amide bonds. The summed E-state index contributed by atoms with van der Waals surface area (Å²) in [5.41, 5.74) is 3.16. The van der Waals surface area contributed by atoms with Crippen LogP contribution < -0.4 is 0 Å². The summed E-state index contributed by atoms with van der Waals surface area (Å²) >= 11 is 0. The van der Waals surface area contributed by atoms with Crippen LogP contribution in [0.1, 0.15) is 11.3 Å². The van der Waals surface area contributed by atoms with E-state index in [4.69, 9.17) is 0 Å². The van der Waals surface area contributed by atoms with Gasteiger partial charge in [-0.2, -0.15) is 0 Å². The van der Waals surface area contributed by atoms with Crippen LogP contribution in [0.4, 0.5) is 0 Å². The Labute approximate surface area is 94.7 Å². The smallest absolute Gasteiger partial charge is 0.0711 e. The van der Waals surface area contributed by atoms with Crippen LogP contribution in [0.15, 0.2) is 42.5 Å². The quantitative estimate of drug-likeness (QED) is 0.509. The van der Waals surface area contributed by atoms with Crippen molar-refractivity contribution < 1.29 is 0 Å². The molecule has 0 spiro atoms. The van der Waals surface area contributed by atoms with Gasteiger partial charge in [-0.05, 0) is 30.9 Å². The Kier molecular flexibility index (Phi) is 1.93. The lowest BCUT2D eigenvalue weighted by atomic mass is 10.0. The van der Waals surface area contributed by atoms with Gasteiger partial charge in [-0.1, -0.05) is 36.4 Å². The molecular weight excluding hydrogens is 194 g/mol. The Hall–Kier alpha value is -1.89. The number of para-hydroxylation sites is 1. The van der Waals surface area contributed by atoms with Gasteiger partial charge in [0.1, 0.15) is 0 Å². The van der Waals surface area contributed by atoms with Gasteiger partial charge >= 0.3 is 0 Å². The minimum Gasteiger partial charge on any atom is -0.252 e. The van der Waals surface area contributed by atoms with Gasteiger partial charge in [0.15, 0.2) is 0 Å². The van der Waals surface area contributed by atoms with E-state index in [1.165, 1.54) is 16.3 Å². The predicted molar refractivity (Wildman–Crippen MR) is 68.4 cm³/mol. The zero-order valence-corrected chi connectivity index (χ0v) is 9.20. The van der Waals surface area contributed by atoms with Gasteiger partial charge < -0.3 is 0 Å². The molecule has 0 aliphatic heterocycles. The second-order valence-corrected chi connectivity index (χ2v) is 4.07. The minimum atomic E-state index is 0.859. The summed E-state index contributed by atoms with van der Waals surface area (Å²) < 4.78 is 0. The lowest BCUT2D eigenvalue weighted by Gasteiger charge is -2.08. The zero-order chi connectivity index (χ0) is 11.1. The first-order chi connectivity index (χ1) is 7.77. The van der Waals surface area contributed by atoms with Crippen LogP contribution in [0.3, 0.4) is 0 Å². The van der Waals surface area contributed by atoms with Gasteiger partial charge in [0.2, 0.25) is 0 Å². The molecule has 16 heavy (non-hydrogen) atoms. The summed E-state index contributed by atoms with van der Waals surface area (Å²) in [6.45, 7) is 6.16. The van der Waals surface area contributed by atoms with Crippen molar-refractivity contribution in [3.8, 4) is 0 Å². The molecule has 3 aromatic rings. The summed E-state index contributed by atoms with van der Waals surface area (Å²) in [5.74, 6) is 0. The molecule has 0 aliphatic rings. The average Bonchev–Trinajstić information content (AvgIpc) is 2.30. The number of aromatic nitrogens is 1. The number of hydrogen-bond acceptors (Lipinski definition) is 1. The number of fused-ring (bicyclic) bond motifs is 3. The van der Waals surface area contributed by atoms with Crippen LogP contribution in [0.5, 0.6) is 0 Å². The third kappa shape index (κ3) is 1.21. The summed E-state index contributed by atoms with van der Waals surface area (Å²) in [5, 5.41) is 3.64. The number of rotatable bonds is 0. The molecule has 1 aromatic heterocycles. The Bertz CT molecular complexity index is 683. The molecule has 0 bridgehead atoms. The molecule has 1 heteroatoms. The summed E-state index contributed by atoms with van der Waals surface area (Å²) in [6, 6.07) is 14.5. The lowest BCUT2D eigenvalue weighted by Crippen LogP contribution is -1.89. The molecule has 0 N–H and O–H groups in total. The SMILES string of the molecule is [CH2]c1nc2ccccc2c2c(C)cccc12. The molecule has 0 atom stereocenters. The van der Waals surface area contributed by atoms with E-state index in [0.717, 1.165) is 16.6 Å². The van der Waals surface area contributed by atoms with Crippen LogP contribution in [0.25, 0.3) is 21.7 Å². The number of benzene rings is 2. The topological polar surface area (TPSA) is 12.9 Å². The van der Waals surface area contributed by atoms with Gasteiger partial charge in [0.25, 0.3) is 0 Å². The Morgan fingerprint density at radius 1 is 0.938 bits per heavy atom. The summed E-state index contributed by atoms with van der Waals surface area (Å²) in [4.78, 5) is 4.53. The van der Waals surface area contributed by atoms with Gasteiger partial charge in [-0.15, -0.1) is 0 Å². The maximum Gasteiger partial charge on any atom is 0.0711 e. The lowest BCUT2D eigenvalue weighted by molar-refractivity contribution is 1.37. The molecule has 77 valence electrons. The fraction of sp³-hybridized carbons (Fsp3) is 0.0667. The predicted octanol–water partition coefficient (Wildman–Crippen LogP) is 3.88. The van der Waals surface area contributed by atoms with E-state index >= 15 is 0 Å². The van der Waals surface area contributed by atoms with E-state index in [1.807, 2.05) is 12.1 Å². The Morgan fingerprint density at radius 3 is 2.56 bits per heavy atom. The number of nitrogens with zero attached hydrogens (tertiary/aromatic N) is 1. The highest BCUT2D eigenvalue weighted by Crippen LogP contribution is 2.28. The van der Waals surface area contributed by atoms with Gasteiger partial charge in [0, 0.05) is 16.5 Å². The Morgan fingerprint density at radius 2 is 1.69 bits per heavy atom. The van der Waals surface area contributed by atoms with Crippen LogP contribution in [-0.4, -0.2) is 4.98 Å². The third-order valence-corrected chi connectivity index (χ3v) is 3.01. The fourth-order valence-electron chi connectivity index (χ4n) is 2.25. The molecule has 0 saturated carbocycles. The first-order valence-corrected chi connectivity index (χ1v) is 5.37. The maximum absolute atomic E-state index is 4.53. The molecular formula is C15H12N. The molecule has 1 radical (unpaired) electrons. The second-order valence-electron chi connectivity index (χ2n) is 4.07. The largest absolute Gasteiger partial charge is 0.252 e. The van der Waals surface area contributed by atoms with Gasteiger partial charge in [-0.3, -0.25) is 4.98 Å². The van der Waals surface area contributed by atoms with E-state index in [0.29, 0.717) is 0 Å². The van der Waals surface area contributed by atoms with E-state index in [2.05, 4.69) is 49.2 Å². The average molecular weight is 206 g/mol. The fourth-order valence-corrected chi connectivity index (χ4v) is 2.25. The summed E-state index contributed by atoms with van der Waals surface area (Å²) in [6.07, 6.45) is 0. The second kappa shape index (κ2) is 3.31. The molecule has 3 rings (SSSR count). The van der Waals surface area contributed by atoms with E-state index in [1.54, 1.807) is 0 Å². The van der Waals surface area contributed by atoms with Gasteiger partial charge in [-0.25, -0.2) is 0 Å². The van der Waals surface area contributed by atoms with Crippen molar-refractivity contribution in [1.29, 1.82) is 0 Å². The van der Waals surface area contributed by atoms with Crippen LogP contribution in [0, 0.1) is 13.8 Å². The molecule has 1 nitrogen and oxygen atoms in total. The number of aryl methyl sites for hydroxylation is 1. The van der Waals surface area contributed by atoms with Crippen molar-refractivity contribution in [2.24, 2.45) is 0 Å². The molecule has 0 fully saturated rings. The van der Waals surface area contributed by atoms with Crippen molar-refractivity contribution in [1.82, 2.24) is 4.98 Å². The Balaban J connectivity index is 2.67. The van der Waals surface area contributed by atoms with Crippen molar-refractivity contribution in [2.45, 2.75) is 6.92 Å². The van der Waals surface area contributed by atoms with Crippen molar-refractivity contribution in [2.75, 3.05) is 0 Å². The molecule has 2 aromatic carbocycles. The highest BCUT2D eigenvalue weighted by Gasteiger charge is 2.06. The van der Waals surface area contributed by atoms with Crippen molar-refractivity contribution in [3.05, 3.63) is 60.6 Å². The van der Waals surface area contributed by atoms with Crippen molar-refractivity contribution >= 4 is 21.7 Å². The monoisotopic (exact) mass is 206 g/mol. The molecule has 0 saturated heterocycles. The van der Waals surface area contributed by atoms with Crippen LogP contribution >= 0.6 is 0 Å². The first kappa shape index (κ1) is 9.34. The molecule has 0 unspecified atom stereocenters. The standard InChI is InChI=1S/C15H12N/c1-10-6-5-8-12-11(2)16-14-9-4-3-7-13(14)15(10)12/h3-9H,2H2,1H3. The highest BCUT2D eigenvalue weighted by molar-refractivity contribution is 6.08. The van der Waals surface area contributed by atoms with Gasteiger partial charge in [0.05, 0.1) is 5.52 Å². The first-order valence-electron chi connectivity index (χ1n) is 5.37. The van der Waals surface area contributed by atoms with Crippen LogP contribution in [0.2, 0.25) is 0 Å². The number of pyridine rings is 1. The van der Waals surface area contributed by atoms with Crippen LogP contribution in [-0.2, 0) is 0 Å². The highest BCUT2D eigenvalue weighted by atomic mass is 14.7. The third-order valence-electron chi connectivity index (χ3n) is 3.01. The van der Waals surface area contributed by atoms with E-state index < -0.39 is 0 Å². The van der Waals surface area contributed by atoms with E-state index in [9.17, 15) is 0 Å². The molecule has 0 aliphatic carbocycles. The maximum atomic E-state index is 4.53. The molecule has 1 heterocycles. The number of hydrogen-bond donors (Lipinski definition) is 0. The minimum absolute atomic E-state index is 0.859. The van der Waals surface area contributed by atoms with E-state index in [-0.39, 0.29) is 0 Å². The van der Waals surface area contributed by atoms with Crippen molar-refractivity contribution in [3.63, 3.8) is 0 Å².